The molecule has 12 heavy (non-hydrogen) atoms. The smallest absolute Gasteiger partial charge is 0.339 e. The average molecular weight is 164 g/mol. The van der Waals surface area contributed by atoms with Crippen molar-refractivity contribution in [2.75, 3.05) is 0 Å². The van der Waals surface area contributed by atoms with E-state index < -0.39 is 11.7 Å². The monoisotopic (exact) mass is 164 g/mol. The van der Waals surface area contributed by atoms with Crippen molar-refractivity contribution in [3.05, 3.63) is 40.7 Å². The molecule has 0 aliphatic rings. The van der Waals surface area contributed by atoms with Crippen LogP contribution in [0.2, 0.25) is 0 Å². The quantitative estimate of drug-likeness (QED) is 0.650. The zero-order valence-corrected chi connectivity index (χ0v) is 6.03. The molecule has 0 fully saturated rings. The SMILES string of the molecule is [2H]Oc1c([2H])c(=O)oc2ccccc12. The van der Waals surface area contributed by atoms with Crippen molar-refractivity contribution in [3.8, 4) is 5.75 Å². The van der Waals surface area contributed by atoms with Crippen molar-refractivity contribution in [1.29, 1.82) is 1.43 Å². The summed E-state index contributed by atoms with van der Waals surface area (Å²) in [6.07, 6.45) is 0. The van der Waals surface area contributed by atoms with Gasteiger partial charge in [-0.1, -0.05) is 12.1 Å². The van der Waals surface area contributed by atoms with E-state index in [4.69, 9.17) is 7.22 Å². The first kappa shape index (κ1) is 4.98. The van der Waals surface area contributed by atoms with Gasteiger partial charge in [-0.25, -0.2) is 4.79 Å². The highest BCUT2D eigenvalue weighted by Gasteiger charge is 2.01. The molecule has 0 bridgehead atoms. The second-order valence-electron chi connectivity index (χ2n) is 2.34. The van der Waals surface area contributed by atoms with Crippen molar-refractivity contribution in [1.82, 2.24) is 0 Å². The number of hydrogen-bond acceptors (Lipinski definition) is 3. The molecule has 2 rings (SSSR count). The van der Waals surface area contributed by atoms with Gasteiger partial charge in [0.2, 0.25) is 0 Å². The number of benzene rings is 1. The third-order valence-electron chi connectivity index (χ3n) is 1.55. The summed E-state index contributed by atoms with van der Waals surface area (Å²) in [6.45, 7) is 0. The van der Waals surface area contributed by atoms with E-state index in [1.54, 1.807) is 24.3 Å². The summed E-state index contributed by atoms with van der Waals surface area (Å²) in [4.78, 5) is 11.1. The molecule has 2 aromatic rings. The van der Waals surface area contributed by atoms with E-state index in [0.29, 0.717) is 11.0 Å². The molecular formula is C9H6O3. The first-order valence-corrected chi connectivity index (χ1v) is 3.39. The van der Waals surface area contributed by atoms with Crippen molar-refractivity contribution < 1.29 is 10.9 Å². The van der Waals surface area contributed by atoms with Crippen LogP contribution in [0.25, 0.3) is 11.0 Å². The maximum Gasteiger partial charge on any atom is 0.339 e. The van der Waals surface area contributed by atoms with Gasteiger partial charge in [-0.3, -0.25) is 0 Å². The topological polar surface area (TPSA) is 50.4 Å². The predicted octanol–water partition coefficient (Wildman–Crippen LogP) is 1.50. The number of para-hydroxylation sites is 1. The second kappa shape index (κ2) is 2.37. The molecule has 0 saturated heterocycles. The molecule has 0 radical (unpaired) electrons. The lowest BCUT2D eigenvalue weighted by Gasteiger charge is -1.96. The largest absolute Gasteiger partial charge is 0.507 e. The molecule has 0 unspecified atom stereocenters. The first-order chi connectivity index (χ1) is 6.74. The fourth-order valence-corrected chi connectivity index (χ4v) is 1.03. The number of rotatable bonds is 1. The second-order valence-corrected chi connectivity index (χ2v) is 2.34. The van der Waals surface area contributed by atoms with Crippen LogP contribution in [-0.4, -0.2) is 6.54 Å². The molecule has 1 heterocycles. The molecule has 1 N–H and O–H groups in total. The molecule has 0 spiro atoms. The van der Waals surface area contributed by atoms with Crippen LogP contribution in [0.5, 0.6) is 5.75 Å². The van der Waals surface area contributed by atoms with Crippen LogP contribution in [0.1, 0.15) is 1.37 Å². The molecule has 3 heteroatoms. The summed E-state index contributed by atoms with van der Waals surface area (Å²) in [5, 5.41) is 4.69. The summed E-state index contributed by atoms with van der Waals surface area (Å²) in [5.74, 6) is -0.0724. The lowest BCUT2D eigenvalue weighted by atomic mass is 10.2. The fraction of sp³-hybridized carbons (Fsp3) is 0. The lowest BCUT2D eigenvalue weighted by Crippen LogP contribution is -1.94. The van der Waals surface area contributed by atoms with Gasteiger partial charge in [0, 0.05) is 0 Å². The molecular weight excluding hydrogens is 156 g/mol. The Balaban J connectivity index is 2.96. The Kier molecular flexibility index (Phi) is 0.985. The van der Waals surface area contributed by atoms with Crippen molar-refractivity contribution >= 4 is 11.0 Å². The third-order valence-corrected chi connectivity index (χ3v) is 1.55. The van der Waals surface area contributed by atoms with Crippen LogP contribution in [0.4, 0.5) is 0 Å². The minimum atomic E-state index is -0.800. The minimum Gasteiger partial charge on any atom is -0.507 e. The van der Waals surface area contributed by atoms with E-state index in [0.717, 1.165) is 0 Å². The normalized spacial score (nSPS) is 12.3. The summed E-state index contributed by atoms with van der Waals surface area (Å²) >= 11 is 0. The maximum absolute atomic E-state index is 11.1. The molecule has 60 valence electrons. The van der Waals surface area contributed by atoms with Crippen LogP contribution in [0.15, 0.2) is 39.5 Å². The Bertz CT molecular complexity index is 533. The highest BCUT2D eigenvalue weighted by molar-refractivity contribution is 5.82. The van der Waals surface area contributed by atoms with E-state index in [1.807, 2.05) is 0 Å². The van der Waals surface area contributed by atoms with Crippen LogP contribution in [-0.2, 0) is 0 Å². The van der Waals surface area contributed by atoms with Gasteiger partial charge in [0.05, 0.1) is 12.8 Å². The molecule has 0 amide bonds. The molecule has 0 aliphatic heterocycles. The summed E-state index contributed by atoms with van der Waals surface area (Å²) < 4.78 is 18.9. The fourth-order valence-electron chi connectivity index (χ4n) is 1.03. The highest BCUT2D eigenvalue weighted by Crippen LogP contribution is 2.20. The predicted molar refractivity (Wildman–Crippen MR) is 44.1 cm³/mol. The highest BCUT2D eigenvalue weighted by atomic mass is 16.4. The Hall–Kier alpha value is -1.77. The molecule has 1 aromatic heterocycles. The number of hydrogen-bond donors (Lipinski definition) is 1. The van der Waals surface area contributed by atoms with Gasteiger partial charge in [0.25, 0.3) is 1.43 Å². The van der Waals surface area contributed by atoms with Crippen LogP contribution in [0, 0.1) is 0 Å². The zero-order chi connectivity index (χ0) is 10.1. The van der Waals surface area contributed by atoms with Gasteiger partial charge in [0.15, 0.2) is 0 Å². The summed E-state index contributed by atoms with van der Waals surface area (Å²) in [5.41, 5.74) is -0.485. The van der Waals surface area contributed by atoms with Gasteiger partial charge < -0.3 is 9.53 Å². The Morgan fingerprint density at radius 3 is 3.17 bits per heavy atom. The Morgan fingerprint density at radius 2 is 2.33 bits per heavy atom. The van der Waals surface area contributed by atoms with Crippen LogP contribution < -0.4 is 5.63 Å². The minimum absolute atomic E-state index is 0.0724. The van der Waals surface area contributed by atoms with E-state index in [2.05, 4.69) is 5.11 Å². The molecule has 1 aromatic carbocycles. The van der Waals surface area contributed by atoms with Crippen LogP contribution >= 0.6 is 0 Å². The van der Waals surface area contributed by atoms with E-state index in [9.17, 15) is 4.79 Å². The standard InChI is InChI=1S/C9H6O3/c10-7-5-9(11)12-8-4-2-1-3-6(7)8/h1-5,10H/i5D/hD. The van der Waals surface area contributed by atoms with E-state index >= 15 is 0 Å². The van der Waals surface area contributed by atoms with E-state index in [1.165, 1.54) is 0 Å². The van der Waals surface area contributed by atoms with Crippen molar-refractivity contribution in [2.24, 2.45) is 0 Å². The zero-order valence-electron chi connectivity index (χ0n) is 8.03. The summed E-state index contributed by atoms with van der Waals surface area (Å²) in [6, 6.07) is 6.19. The van der Waals surface area contributed by atoms with E-state index in [-0.39, 0.29) is 5.75 Å². The van der Waals surface area contributed by atoms with Gasteiger partial charge in [-0.2, -0.15) is 0 Å². The van der Waals surface area contributed by atoms with Crippen LogP contribution in [0.3, 0.4) is 0 Å². The first-order valence-electron chi connectivity index (χ1n) is 4.30. The van der Waals surface area contributed by atoms with Crippen molar-refractivity contribution in [3.63, 3.8) is 0 Å². The van der Waals surface area contributed by atoms with Gasteiger partial charge in [-0.15, -0.1) is 0 Å². The molecule has 0 saturated carbocycles. The molecule has 3 nitrogen and oxygen atoms in total. The van der Waals surface area contributed by atoms with Crippen molar-refractivity contribution in [2.45, 2.75) is 0 Å². The van der Waals surface area contributed by atoms with Gasteiger partial charge in [-0.05, 0) is 12.1 Å². The maximum atomic E-state index is 11.1. The lowest BCUT2D eigenvalue weighted by molar-refractivity contribution is 0.468. The Morgan fingerprint density at radius 1 is 1.50 bits per heavy atom. The third kappa shape index (κ3) is 0.955. The Labute approximate surface area is 70.8 Å². The molecule has 0 aliphatic carbocycles. The average Bonchev–Trinajstić information content (AvgIpc) is 2.20. The number of fused-ring (bicyclic) bond motifs is 1. The van der Waals surface area contributed by atoms with Gasteiger partial charge >= 0.3 is 5.63 Å². The number of aromatic hydroxyl groups is 1. The van der Waals surface area contributed by atoms with Gasteiger partial charge in [0.1, 0.15) is 11.3 Å². The molecule has 0 atom stereocenters. The summed E-state index contributed by atoms with van der Waals surface area (Å²) in [7, 11) is 0.